The van der Waals surface area contributed by atoms with E-state index in [1.165, 1.54) is 0 Å². The maximum Gasteiger partial charge on any atom is 0.189 e. The van der Waals surface area contributed by atoms with E-state index in [0.29, 0.717) is 17.9 Å². The van der Waals surface area contributed by atoms with Gasteiger partial charge in [0.05, 0.1) is 26.5 Å². The quantitative estimate of drug-likeness (QED) is 0.651. The van der Waals surface area contributed by atoms with E-state index >= 15 is 0 Å². The lowest BCUT2D eigenvalue weighted by Crippen LogP contribution is -2.04. The van der Waals surface area contributed by atoms with Crippen molar-refractivity contribution in [1.82, 2.24) is 0 Å². The monoisotopic (exact) mass is 283 g/mol. The van der Waals surface area contributed by atoms with E-state index in [0.717, 1.165) is 22.7 Å². The van der Waals surface area contributed by atoms with Gasteiger partial charge in [0, 0.05) is 23.9 Å². The van der Waals surface area contributed by atoms with Crippen LogP contribution in [0.5, 0.6) is 11.5 Å². The highest BCUT2D eigenvalue weighted by Crippen LogP contribution is 2.28. The molecule has 5 nitrogen and oxygen atoms in total. The van der Waals surface area contributed by atoms with Crippen molar-refractivity contribution in [3.63, 3.8) is 0 Å². The molecule has 108 valence electrons. The minimum Gasteiger partial charge on any atom is -0.497 e. The van der Waals surface area contributed by atoms with E-state index in [-0.39, 0.29) is 0 Å². The highest BCUT2D eigenvalue weighted by atomic mass is 16.5. The lowest BCUT2D eigenvalue weighted by Gasteiger charge is -2.13. The average Bonchev–Trinajstić information content (AvgIpc) is 2.53. The van der Waals surface area contributed by atoms with Crippen LogP contribution in [0.2, 0.25) is 0 Å². The van der Waals surface area contributed by atoms with Gasteiger partial charge in [0.15, 0.2) is 5.69 Å². The van der Waals surface area contributed by atoms with Crippen LogP contribution >= 0.6 is 0 Å². The molecule has 0 aromatic heterocycles. The molecule has 0 aliphatic heterocycles. The molecule has 0 aliphatic rings. The second-order valence-electron chi connectivity index (χ2n) is 4.41. The van der Waals surface area contributed by atoms with Crippen LogP contribution in [0.25, 0.3) is 4.85 Å². The lowest BCUT2D eigenvalue weighted by atomic mass is 10.1. The fourth-order valence-electron chi connectivity index (χ4n) is 1.97. The van der Waals surface area contributed by atoms with Gasteiger partial charge in [-0.3, -0.25) is 0 Å². The number of nitrogens with one attached hydrogen (secondary N) is 1. The molecule has 0 amide bonds. The first-order chi connectivity index (χ1) is 10.2. The molecule has 0 bridgehead atoms. The highest BCUT2D eigenvalue weighted by Gasteiger charge is 2.06. The van der Waals surface area contributed by atoms with Crippen molar-refractivity contribution in [3.05, 3.63) is 53.4 Å². The van der Waals surface area contributed by atoms with Gasteiger partial charge in [0.2, 0.25) is 0 Å². The molecule has 0 aliphatic carbocycles. The average molecular weight is 283 g/mol. The number of methoxy groups -OCH3 is 2. The number of hydrogen-bond acceptors (Lipinski definition) is 4. The predicted octanol–water partition coefficient (Wildman–Crippen LogP) is 3.45. The van der Waals surface area contributed by atoms with E-state index in [4.69, 9.17) is 21.8 Å². The summed E-state index contributed by atoms with van der Waals surface area (Å²) in [6.45, 7) is 7.52. The maximum atomic E-state index is 6.96. The zero-order valence-corrected chi connectivity index (χ0v) is 12.0. The van der Waals surface area contributed by atoms with Gasteiger partial charge in [-0.15, -0.1) is 0 Å². The fraction of sp³-hybridized carbons (Fsp3) is 0.188. The maximum absolute atomic E-state index is 6.96. The Kier molecular flexibility index (Phi) is 4.52. The summed E-state index contributed by atoms with van der Waals surface area (Å²) in [5.74, 6) is 1.50. The summed E-state index contributed by atoms with van der Waals surface area (Å²) in [4.78, 5) is 3.35. The first-order valence-electron chi connectivity index (χ1n) is 6.39. The number of ether oxygens (including phenoxy) is 2. The van der Waals surface area contributed by atoms with Crippen molar-refractivity contribution in [1.29, 1.82) is 0 Å². The molecule has 2 aromatic rings. The van der Waals surface area contributed by atoms with Crippen molar-refractivity contribution in [2.24, 2.45) is 0 Å². The van der Waals surface area contributed by atoms with E-state index in [1.807, 2.05) is 18.2 Å². The third kappa shape index (κ3) is 3.37. The SMILES string of the molecule is [C-]#[N+]c1ccc(NCc2ccc(OC)cc2OC)c(N)c1. The fourth-order valence-corrected chi connectivity index (χ4v) is 1.97. The second-order valence-corrected chi connectivity index (χ2v) is 4.41. The number of benzene rings is 2. The van der Waals surface area contributed by atoms with Gasteiger partial charge < -0.3 is 20.5 Å². The number of rotatable bonds is 5. The molecule has 0 heterocycles. The van der Waals surface area contributed by atoms with Crippen LogP contribution in [-0.4, -0.2) is 14.2 Å². The third-order valence-corrected chi connectivity index (χ3v) is 3.13. The molecular formula is C16H17N3O2. The van der Waals surface area contributed by atoms with E-state index in [1.54, 1.807) is 32.4 Å². The molecule has 0 saturated carbocycles. The Balaban J connectivity index is 2.15. The van der Waals surface area contributed by atoms with E-state index in [2.05, 4.69) is 10.2 Å². The number of nitrogens with zero attached hydrogens (tertiary/aromatic N) is 1. The Morgan fingerprint density at radius 3 is 2.57 bits per heavy atom. The molecule has 3 N–H and O–H groups in total. The first kappa shape index (κ1) is 14.5. The van der Waals surface area contributed by atoms with Crippen LogP contribution in [0.4, 0.5) is 17.1 Å². The predicted molar refractivity (Wildman–Crippen MR) is 84.0 cm³/mol. The van der Waals surface area contributed by atoms with Gasteiger partial charge in [-0.1, -0.05) is 6.07 Å². The largest absolute Gasteiger partial charge is 0.497 e. The molecule has 0 atom stereocenters. The molecule has 5 heteroatoms. The number of anilines is 2. The van der Waals surface area contributed by atoms with Gasteiger partial charge in [-0.05, 0) is 24.3 Å². The van der Waals surface area contributed by atoms with Crippen LogP contribution in [-0.2, 0) is 6.54 Å². The minimum absolute atomic E-state index is 0.528. The van der Waals surface area contributed by atoms with Crippen LogP contribution < -0.4 is 20.5 Å². The van der Waals surface area contributed by atoms with Crippen molar-refractivity contribution in [3.8, 4) is 11.5 Å². The zero-order valence-electron chi connectivity index (χ0n) is 12.0. The normalized spacial score (nSPS) is 9.76. The Bertz CT molecular complexity index is 678. The van der Waals surface area contributed by atoms with Crippen LogP contribution in [0.15, 0.2) is 36.4 Å². The Hall–Kier alpha value is -2.87. The topological polar surface area (TPSA) is 60.9 Å². The smallest absolute Gasteiger partial charge is 0.189 e. The summed E-state index contributed by atoms with van der Waals surface area (Å²) < 4.78 is 10.5. The summed E-state index contributed by atoms with van der Waals surface area (Å²) >= 11 is 0. The molecule has 0 fully saturated rings. The van der Waals surface area contributed by atoms with Crippen molar-refractivity contribution >= 4 is 17.1 Å². The summed E-state index contributed by atoms with van der Waals surface area (Å²) in [6, 6.07) is 10.8. The van der Waals surface area contributed by atoms with Crippen molar-refractivity contribution < 1.29 is 9.47 Å². The summed E-state index contributed by atoms with van der Waals surface area (Å²) in [6.07, 6.45) is 0. The molecule has 0 radical (unpaired) electrons. The van der Waals surface area contributed by atoms with Gasteiger partial charge in [0.25, 0.3) is 0 Å². The Morgan fingerprint density at radius 2 is 1.95 bits per heavy atom. The Morgan fingerprint density at radius 1 is 1.14 bits per heavy atom. The van der Waals surface area contributed by atoms with Crippen LogP contribution in [0.3, 0.4) is 0 Å². The summed E-state index contributed by atoms with van der Waals surface area (Å²) in [5, 5.41) is 3.24. The van der Waals surface area contributed by atoms with Crippen molar-refractivity contribution in [2.45, 2.75) is 6.54 Å². The van der Waals surface area contributed by atoms with Gasteiger partial charge in [0.1, 0.15) is 11.5 Å². The highest BCUT2D eigenvalue weighted by molar-refractivity contribution is 5.72. The molecule has 0 spiro atoms. The van der Waals surface area contributed by atoms with E-state index in [9.17, 15) is 0 Å². The molecule has 2 aromatic carbocycles. The summed E-state index contributed by atoms with van der Waals surface area (Å²) in [5.41, 5.74) is 8.78. The zero-order chi connectivity index (χ0) is 15.2. The minimum atomic E-state index is 0.528. The molecule has 0 unspecified atom stereocenters. The third-order valence-electron chi connectivity index (χ3n) is 3.13. The van der Waals surface area contributed by atoms with Crippen LogP contribution in [0.1, 0.15) is 5.56 Å². The van der Waals surface area contributed by atoms with Crippen molar-refractivity contribution in [2.75, 3.05) is 25.3 Å². The number of hydrogen-bond donors (Lipinski definition) is 2. The standard InChI is InChI=1S/C16H17N3O2/c1-18-12-5-7-15(14(17)8-12)19-10-11-4-6-13(20-2)9-16(11)21-3/h4-9,19H,10,17H2,2-3H3. The molecule has 0 saturated heterocycles. The lowest BCUT2D eigenvalue weighted by molar-refractivity contribution is 0.391. The number of nitrogen functional groups attached to an aromatic ring is 1. The molecule has 2 rings (SSSR count). The summed E-state index contributed by atoms with van der Waals surface area (Å²) in [7, 11) is 3.24. The van der Waals surface area contributed by atoms with Gasteiger partial charge in [-0.2, -0.15) is 0 Å². The molecular weight excluding hydrogens is 266 g/mol. The van der Waals surface area contributed by atoms with Crippen LogP contribution in [0, 0.1) is 6.57 Å². The van der Waals surface area contributed by atoms with Gasteiger partial charge in [-0.25, -0.2) is 4.85 Å². The number of nitrogens with two attached hydrogens (primary N) is 1. The Labute approximate surface area is 124 Å². The first-order valence-corrected chi connectivity index (χ1v) is 6.39. The molecule has 21 heavy (non-hydrogen) atoms. The van der Waals surface area contributed by atoms with Gasteiger partial charge >= 0.3 is 0 Å². The second kappa shape index (κ2) is 6.53. The van der Waals surface area contributed by atoms with E-state index < -0.39 is 0 Å².